The van der Waals surface area contributed by atoms with E-state index in [0.29, 0.717) is 38.2 Å². The summed E-state index contributed by atoms with van der Waals surface area (Å²) in [6.07, 6.45) is -6.93. The lowest BCUT2D eigenvalue weighted by atomic mass is 9.71. The van der Waals surface area contributed by atoms with E-state index in [-0.39, 0.29) is 0 Å². The van der Waals surface area contributed by atoms with Crippen LogP contribution in [0.15, 0.2) is 72.8 Å². The normalized spacial score (nSPS) is 22.7. The zero-order valence-electron chi connectivity index (χ0n) is 20.2. The molecular formula is C29H30F4N2O. The molecule has 0 aliphatic carbocycles. The maximum absolute atomic E-state index is 14.0. The van der Waals surface area contributed by atoms with E-state index in [2.05, 4.69) is 12.1 Å². The van der Waals surface area contributed by atoms with Crippen molar-refractivity contribution in [3.8, 4) is 0 Å². The Bertz CT molecular complexity index is 1230. The van der Waals surface area contributed by atoms with Crippen LogP contribution in [0.4, 0.5) is 28.9 Å². The summed E-state index contributed by atoms with van der Waals surface area (Å²) >= 11 is 0. The third kappa shape index (κ3) is 4.69. The number of benzene rings is 3. The van der Waals surface area contributed by atoms with Gasteiger partial charge in [-0.05, 0) is 54.7 Å². The van der Waals surface area contributed by atoms with Crippen LogP contribution in [-0.4, -0.2) is 49.7 Å². The van der Waals surface area contributed by atoms with Crippen LogP contribution < -0.4 is 9.80 Å². The second-order valence-corrected chi connectivity index (χ2v) is 10.1. The number of alkyl halides is 4. The van der Waals surface area contributed by atoms with E-state index in [9.17, 15) is 22.7 Å². The van der Waals surface area contributed by atoms with Gasteiger partial charge in [0.05, 0.1) is 6.54 Å². The number of hydrogen-bond acceptors (Lipinski definition) is 3. The third-order valence-corrected chi connectivity index (χ3v) is 7.48. The molecule has 3 atom stereocenters. The smallest absolute Gasteiger partial charge is 0.382 e. The topological polar surface area (TPSA) is 26.7 Å². The molecule has 36 heavy (non-hydrogen) atoms. The summed E-state index contributed by atoms with van der Waals surface area (Å²) < 4.78 is 54.0. The van der Waals surface area contributed by atoms with Gasteiger partial charge in [0.25, 0.3) is 0 Å². The number of para-hydroxylation sites is 1. The Morgan fingerprint density at radius 1 is 1.03 bits per heavy atom. The predicted octanol–water partition coefficient (Wildman–Crippen LogP) is 5.82. The van der Waals surface area contributed by atoms with Gasteiger partial charge in [0.2, 0.25) is 0 Å². The van der Waals surface area contributed by atoms with Crippen LogP contribution in [0, 0.1) is 6.92 Å². The van der Waals surface area contributed by atoms with E-state index < -0.39 is 30.4 Å². The van der Waals surface area contributed by atoms with E-state index in [0.717, 1.165) is 27.9 Å². The molecule has 2 aliphatic heterocycles. The van der Waals surface area contributed by atoms with Crippen LogP contribution in [-0.2, 0) is 11.8 Å². The quantitative estimate of drug-likeness (QED) is 0.434. The zero-order chi connectivity index (χ0) is 25.5. The van der Waals surface area contributed by atoms with Crippen molar-refractivity contribution in [2.45, 2.75) is 43.6 Å². The van der Waals surface area contributed by atoms with Crippen molar-refractivity contribution in [3.63, 3.8) is 0 Å². The fourth-order valence-corrected chi connectivity index (χ4v) is 5.75. The summed E-state index contributed by atoms with van der Waals surface area (Å²) in [5.41, 5.74) is 5.08. The van der Waals surface area contributed by atoms with Crippen LogP contribution >= 0.6 is 0 Å². The highest BCUT2D eigenvalue weighted by atomic mass is 19.4. The van der Waals surface area contributed by atoms with Crippen molar-refractivity contribution in [1.29, 1.82) is 0 Å². The lowest BCUT2D eigenvalue weighted by Crippen LogP contribution is -2.44. The van der Waals surface area contributed by atoms with Crippen molar-refractivity contribution >= 4 is 11.4 Å². The van der Waals surface area contributed by atoms with E-state index >= 15 is 0 Å². The van der Waals surface area contributed by atoms with Gasteiger partial charge in [-0.3, -0.25) is 0 Å². The maximum Gasteiger partial charge on any atom is 0.416 e. The molecule has 5 rings (SSSR count). The SMILES string of the molecule is Cc1cccc(CC2(c3cccc(N4CC[C@H](F)C4)c3)CN(C[C@@H](O)C(F)(F)F)c3ccccc32)c1. The summed E-state index contributed by atoms with van der Waals surface area (Å²) in [5, 5.41) is 9.94. The van der Waals surface area contributed by atoms with E-state index in [1.54, 1.807) is 4.90 Å². The highest BCUT2D eigenvalue weighted by molar-refractivity contribution is 5.68. The number of aliphatic hydroxyl groups excluding tert-OH is 1. The summed E-state index contributed by atoms with van der Waals surface area (Å²) in [4.78, 5) is 3.68. The number of β-amino-alcohol motifs (C(OH)–C–C–N with tert-alkyl or cyclic N) is 1. The Morgan fingerprint density at radius 3 is 2.53 bits per heavy atom. The molecule has 1 N–H and O–H groups in total. The highest BCUT2D eigenvalue weighted by Crippen LogP contribution is 2.48. The molecule has 3 nitrogen and oxygen atoms in total. The molecule has 3 aromatic rings. The predicted molar refractivity (Wildman–Crippen MR) is 135 cm³/mol. The Hall–Kier alpha value is -3.06. The molecule has 0 amide bonds. The molecule has 0 spiro atoms. The molecule has 7 heteroatoms. The van der Waals surface area contributed by atoms with Gasteiger partial charge >= 0.3 is 6.18 Å². The molecule has 1 fully saturated rings. The fraction of sp³-hybridized carbons (Fsp3) is 0.379. The number of hydrogen-bond donors (Lipinski definition) is 1. The van der Waals surface area contributed by atoms with Crippen molar-refractivity contribution in [2.24, 2.45) is 0 Å². The lowest BCUT2D eigenvalue weighted by molar-refractivity contribution is -0.200. The van der Waals surface area contributed by atoms with Crippen LogP contribution in [0.5, 0.6) is 0 Å². The third-order valence-electron chi connectivity index (χ3n) is 7.48. The second kappa shape index (κ2) is 9.43. The molecule has 2 aliphatic rings. The Kier molecular flexibility index (Phi) is 6.45. The van der Waals surface area contributed by atoms with Crippen molar-refractivity contribution < 1.29 is 22.7 Å². The molecule has 0 saturated carbocycles. The van der Waals surface area contributed by atoms with E-state index in [1.165, 1.54) is 0 Å². The molecule has 1 saturated heterocycles. The van der Waals surface area contributed by atoms with E-state index in [1.807, 2.05) is 72.5 Å². The number of halogens is 4. The molecule has 2 heterocycles. The summed E-state index contributed by atoms with van der Waals surface area (Å²) in [7, 11) is 0. The van der Waals surface area contributed by atoms with Gasteiger partial charge in [-0.2, -0.15) is 13.2 Å². The van der Waals surface area contributed by atoms with Gasteiger partial charge in [0.15, 0.2) is 6.10 Å². The molecule has 190 valence electrons. The van der Waals surface area contributed by atoms with Crippen LogP contribution in [0.3, 0.4) is 0 Å². The molecular weight excluding hydrogens is 468 g/mol. The number of aliphatic hydroxyl groups is 1. The maximum atomic E-state index is 14.0. The molecule has 0 radical (unpaired) electrons. The first-order chi connectivity index (χ1) is 17.2. The molecule has 0 bridgehead atoms. The lowest BCUT2D eigenvalue weighted by Gasteiger charge is -2.33. The van der Waals surface area contributed by atoms with Gasteiger partial charge in [-0.1, -0.05) is 60.2 Å². The van der Waals surface area contributed by atoms with Gasteiger partial charge in [0.1, 0.15) is 6.17 Å². The zero-order valence-corrected chi connectivity index (χ0v) is 20.2. The Morgan fingerprint density at radius 2 is 1.81 bits per heavy atom. The summed E-state index contributed by atoms with van der Waals surface area (Å²) in [6, 6.07) is 23.7. The van der Waals surface area contributed by atoms with Crippen molar-refractivity contribution in [1.82, 2.24) is 0 Å². The number of aryl methyl sites for hydroxylation is 1. The highest BCUT2D eigenvalue weighted by Gasteiger charge is 2.47. The average Bonchev–Trinajstić information content (AvgIpc) is 3.41. The minimum Gasteiger partial charge on any atom is -0.382 e. The second-order valence-electron chi connectivity index (χ2n) is 10.1. The first-order valence-corrected chi connectivity index (χ1v) is 12.3. The van der Waals surface area contributed by atoms with Gasteiger partial charge in [-0.15, -0.1) is 0 Å². The Labute approximate surface area is 209 Å². The van der Waals surface area contributed by atoms with Gasteiger partial charge < -0.3 is 14.9 Å². The number of anilines is 2. The number of rotatable bonds is 6. The van der Waals surface area contributed by atoms with Crippen LogP contribution in [0.25, 0.3) is 0 Å². The number of fused-ring (bicyclic) bond motifs is 1. The minimum atomic E-state index is -4.70. The minimum absolute atomic E-state index is 0.294. The van der Waals surface area contributed by atoms with Crippen LogP contribution in [0.2, 0.25) is 0 Å². The van der Waals surface area contributed by atoms with E-state index in [4.69, 9.17) is 0 Å². The Balaban J connectivity index is 1.61. The fourth-order valence-electron chi connectivity index (χ4n) is 5.75. The molecule has 3 aromatic carbocycles. The first kappa shape index (κ1) is 24.6. The average molecular weight is 499 g/mol. The summed E-state index contributed by atoms with van der Waals surface area (Å²) in [5.74, 6) is 0. The summed E-state index contributed by atoms with van der Waals surface area (Å²) in [6.45, 7) is 2.75. The molecule has 1 unspecified atom stereocenters. The van der Waals surface area contributed by atoms with Crippen molar-refractivity contribution in [3.05, 3.63) is 95.1 Å². The molecule has 0 aromatic heterocycles. The monoisotopic (exact) mass is 498 g/mol. The van der Waals surface area contributed by atoms with Gasteiger partial charge in [0, 0.05) is 36.4 Å². The van der Waals surface area contributed by atoms with Crippen LogP contribution in [0.1, 0.15) is 28.7 Å². The largest absolute Gasteiger partial charge is 0.416 e. The standard InChI is InChI=1S/C29H30F4N2O/c1-20-6-4-7-21(14-20)16-28(22-8-5-9-24(15-22)34-13-12-23(30)17-34)19-35(18-27(36)29(31,32)33)26-11-3-2-10-25(26)28/h2-11,14-15,23,27,36H,12-13,16-19H2,1H3/t23-,27+,28?/m0/s1. The van der Waals surface area contributed by atoms with Crippen molar-refractivity contribution in [2.75, 3.05) is 36.0 Å². The number of nitrogens with zero attached hydrogens (tertiary/aromatic N) is 2. The first-order valence-electron chi connectivity index (χ1n) is 12.3. The van der Waals surface area contributed by atoms with Gasteiger partial charge in [-0.25, -0.2) is 4.39 Å².